The largest absolute Gasteiger partial charge is 0.464 e. The van der Waals surface area contributed by atoms with Crippen molar-refractivity contribution in [2.24, 2.45) is 5.92 Å². The first-order valence-electron chi connectivity index (χ1n) is 6.40. The van der Waals surface area contributed by atoms with Crippen molar-refractivity contribution in [1.29, 1.82) is 0 Å². The molecule has 0 aromatic heterocycles. The highest BCUT2D eigenvalue weighted by Crippen LogP contribution is 2.46. The van der Waals surface area contributed by atoms with Crippen LogP contribution in [0, 0.1) is 5.92 Å². The van der Waals surface area contributed by atoms with Crippen LogP contribution in [0.4, 0.5) is 13.2 Å². The van der Waals surface area contributed by atoms with Crippen LogP contribution in [0.1, 0.15) is 39.5 Å². The molecule has 1 aliphatic carbocycles. The van der Waals surface area contributed by atoms with Gasteiger partial charge in [0, 0.05) is 5.92 Å². The third-order valence-corrected chi connectivity index (χ3v) is 3.55. The predicted octanol–water partition coefficient (Wildman–Crippen LogP) is 2.98. The van der Waals surface area contributed by atoms with Gasteiger partial charge in [0.05, 0.1) is 6.61 Å². The Labute approximate surface area is 110 Å². The fraction of sp³-hybridized carbons (Fsp3) is 0.769. The van der Waals surface area contributed by atoms with E-state index >= 15 is 0 Å². The van der Waals surface area contributed by atoms with Gasteiger partial charge in [-0.3, -0.25) is 0 Å². The first-order valence-corrected chi connectivity index (χ1v) is 6.40. The zero-order chi connectivity index (χ0) is 14.7. The van der Waals surface area contributed by atoms with Crippen LogP contribution >= 0.6 is 0 Å². The molecule has 1 saturated carbocycles. The number of halogens is 3. The van der Waals surface area contributed by atoms with Crippen LogP contribution in [-0.4, -0.2) is 29.5 Å². The zero-order valence-corrected chi connectivity index (χ0v) is 11.1. The number of esters is 1. The number of carbonyl (C=O) groups is 1. The normalized spacial score (nSPS) is 26.0. The summed E-state index contributed by atoms with van der Waals surface area (Å²) in [6.07, 6.45) is -1.56. The van der Waals surface area contributed by atoms with Gasteiger partial charge in [-0.2, -0.15) is 13.2 Å². The van der Waals surface area contributed by atoms with Crippen LogP contribution in [0.2, 0.25) is 0 Å². The summed E-state index contributed by atoms with van der Waals surface area (Å²) in [5, 5.41) is 10.0. The van der Waals surface area contributed by atoms with Gasteiger partial charge in [0.1, 0.15) is 0 Å². The third-order valence-electron chi connectivity index (χ3n) is 3.55. The van der Waals surface area contributed by atoms with Crippen molar-refractivity contribution in [3.63, 3.8) is 0 Å². The van der Waals surface area contributed by atoms with E-state index in [-0.39, 0.29) is 13.0 Å². The molecule has 1 fully saturated rings. The summed E-state index contributed by atoms with van der Waals surface area (Å²) in [5.41, 5.74) is -2.97. The van der Waals surface area contributed by atoms with E-state index in [1.807, 2.05) is 0 Å². The molecule has 1 rings (SSSR count). The van der Waals surface area contributed by atoms with Crippen LogP contribution in [0.15, 0.2) is 11.6 Å². The number of carbonyl (C=O) groups excluding carboxylic acids is 1. The molecular formula is C13H19F3O3. The minimum Gasteiger partial charge on any atom is -0.464 e. The quantitative estimate of drug-likeness (QED) is 0.638. The van der Waals surface area contributed by atoms with E-state index in [2.05, 4.69) is 4.74 Å². The first kappa shape index (κ1) is 16.0. The second-order valence-corrected chi connectivity index (χ2v) is 4.65. The minimum atomic E-state index is -5.05. The van der Waals surface area contributed by atoms with Crippen LogP contribution in [0.5, 0.6) is 0 Å². The number of hydrogen-bond donors (Lipinski definition) is 1. The predicted molar refractivity (Wildman–Crippen MR) is 63.4 cm³/mol. The van der Waals surface area contributed by atoms with Crippen molar-refractivity contribution >= 4 is 5.97 Å². The lowest BCUT2D eigenvalue weighted by atomic mass is 9.73. The van der Waals surface area contributed by atoms with Crippen molar-refractivity contribution in [3.8, 4) is 0 Å². The Morgan fingerprint density at radius 3 is 2.58 bits per heavy atom. The van der Waals surface area contributed by atoms with E-state index in [4.69, 9.17) is 0 Å². The fourth-order valence-corrected chi connectivity index (χ4v) is 2.56. The van der Waals surface area contributed by atoms with E-state index < -0.39 is 23.7 Å². The topological polar surface area (TPSA) is 46.5 Å². The van der Waals surface area contributed by atoms with E-state index in [1.165, 1.54) is 6.92 Å². The lowest BCUT2D eigenvalue weighted by molar-refractivity contribution is -0.276. The molecule has 1 aliphatic rings. The Bertz CT molecular complexity index is 363. The Morgan fingerprint density at radius 1 is 1.47 bits per heavy atom. The fourth-order valence-electron chi connectivity index (χ4n) is 2.56. The van der Waals surface area contributed by atoms with Crippen molar-refractivity contribution in [1.82, 2.24) is 0 Å². The van der Waals surface area contributed by atoms with Gasteiger partial charge < -0.3 is 9.84 Å². The molecule has 0 radical (unpaired) electrons. The molecule has 0 heterocycles. The summed E-state index contributed by atoms with van der Waals surface area (Å²) in [6.45, 7) is 2.83. The second-order valence-electron chi connectivity index (χ2n) is 4.65. The summed E-state index contributed by atoms with van der Waals surface area (Å²) in [7, 11) is 0. The Kier molecular flexibility index (Phi) is 5.01. The molecule has 0 bridgehead atoms. The van der Waals surface area contributed by atoms with Gasteiger partial charge in [-0.25, -0.2) is 4.79 Å². The summed E-state index contributed by atoms with van der Waals surface area (Å²) < 4.78 is 44.0. The molecule has 0 aliphatic heterocycles. The van der Waals surface area contributed by atoms with Crippen molar-refractivity contribution in [2.45, 2.75) is 51.3 Å². The maximum atomic E-state index is 13.2. The number of alkyl halides is 3. The standard InChI is InChI=1S/C13H19F3O3/c1-3-9-7-5-6-8-10(9)12(18,13(14,15)16)11(17)19-4-2/h3,10,18H,4-8H2,1-2H3/b9-3+/t10-,12-/m0/s1. The van der Waals surface area contributed by atoms with Crippen LogP contribution in [0.3, 0.4) is 0 Å². The van der Waals surface area contributed by atoms with Gasteiger partial charge in [-0.1, -0.05) is 18.1 Å². The van der Waals surface area contributed by atoms with Gasteiger partial charge in [0.2, 0.25) is 0 Å². The highest BCUT2D eigenvalue weighted by atomic mass is 19.4. The maximum absolute atomic E-state index is 13.2. The molecule has 3 nitrogen and oxygen atoms in total. The summed E-state index contributed by atoms with van der Waals surface area (Å²) in [5.74, 6) is -2.85. The smallest absolute Gasteiger partial charge is 0.428 e. The van der Waals surface area contributed by atoms with Crippen molar-refractivity contribution in [2.75, 3.05) is 6.61 Å². The highest BCUT2D eigenvalue weighted by Gasteiger charge is 2.65. The van der Waals surface area contributed by atoms with Gasteiger partial charge in [-0.15, -0.1) is 0 Å². The average Bonchev–Trinajstić information content (AvgIpc) is 2.36. The van der Waals surface area contributed by atoms with Gasteiger partial charge in [0.25, 0.3) is 5.60 Å². The Hall–Kier alpha value is -1.04. The van der Waals surface area contributed by atoms with Gasteiger partial charge >= 0.3 is 12.1 Å². The highest BCUT2D eigenvalue weighted by molar-refractivity contribution is 5.81. The number of ether oxygens (including phenoxy) is 1. The molecule has 2 atom stereocenters. The molecule has 6 heteroatoms. The summed E-state index contributed by atoms with van der Waals surface area (Å²) in [4.78, 5) is 11.7. The lowest BCUT2D eigenvalue weighted by Crippen LogP contribution is -2.59. The van der Waals surface area contributed by atoms with Crippen molar-refractivity contribution < 1.29 is 27.8 Å². The minimum absolute atomic E-state index is 0.133. The number of hydrogen-bond acceptors (Lipinski definition) is 3. The number of aliphatic hydroxyl groups is 1. The SMILES string of the molecule is C/C=C1\CCCC[C@@H]1[C@](O)(C(=O)OCC)C(F)(F)F. The molecule has 1 N–H and O–H groups in total. The van der Waals surface area contributed by atoms with E-state index in [9.17, 15) is 23.1 Å². The third kappa shape index (κ3) is 2.94. The molecule has 0 amide bonds. The zero-order valence-electron chi connectivity index (χ0n) is 11.1. The van der Waals surface area contributed by atoms with Gasteiger partial charge in [0.15, 0.2) is 0 Å². The molecule has 110 valence electrons. The molecule has 0 aromatic carbocycles. The molecule has 0 unspecified atom stereocenters. The van der Waals surface area contributed by atoms with E-state index in [0.717, 1.165) is 6.42 Å². The van der Waals surface area contributed by atoms with Crippen LogP contribution in [-0.2, 0) is 9.53 Å². The Balaban J connectivity index is 3.19. The molecule has 0 spiro atoms. The lowest BCUT2D eigenvalue weighted by Gasteiger charge is -2.38. The molecule has 19 heavy (non-hydrogen) atoms. The van der Waals surface area contributed by atoms with Gasteiger partial charge in [-0.05, 0) is 33.1 Å². The average molecular weight is 280 g/mol. The number of rotatable bonds is 3. The summed E-state index contributed by atoms with van der Waals surface area (Å²) in [6, 6.07) is 0. The second kappa shape index (κ2) is 5.94. The Morgan fingerprint density at radius 2 is 2.11 bits per heavy atom. The maximum Gasteiger partial charge on any atom is 0.428 e. The monoisotopic (exact) mass is 280 g/mol. The van der Waals surface area contributed by atoms with Crippen LogP contribution < -0.4 is 0 Å². The number of allylic oxidation sites excluding steroid dienone is 1. The van der Waals surface area contributed by atoms with Crippen molar-refractivity contribution in [3.05, 3.63) is 11.6 Å². The van der Waals surface area contributed by atoms with E-state index in [1.54, 1.807) is 13.0 Å². The molecular weight excluding hydrogens is 261 g/mol. The summed E-state index contributed by atoms with van der Waals surface area (Å²) >= 11 is 0. The molecule has 0 aromatic rings. The van der Waals surface area contributed by atoms with E-state index in [0.29, 0.717) is 18.4 Å². The first-order chi connectivity index (χ1) is 8.79. The van der Waals surface area contributed by atoms with Crippen LogP contribution in [0.25, 0.3) is 0 Å². The molecule has 0 saturated heterocycles.